The number of hydrogen-bond donors (Lipinski definition) is 4. The van der Waals surface area contributed by atoms with Crippen molar-refractivity contribution in [3.05, 3.63) is 35.9 Å². The van der Waals surface area contributed by atoms with Crippen LogP contribution < -0.4 is 16.0 Å². The van der Waals surface area contributed by atoms with Crippen LogP contribution in [0.5, 0.6) is 0 Å². The quantitative estimate of drug-likeness (QED) is 0.299. The van der Waals surface area contributed by atoms with Crippen LogP contribution in [0.2, 0.25) is 0 Å². The Hall–Kier alpha value is -3.37. The number of urea groups is 2. The van der Waals surface area contributed by atoms with E-state index >= 15 is 0 Å². The van der Waals surface area contributed by atoms with Crippen LogP contribution in [0.1, 0.15) is 25.5 Å². The zero-order chi connectivity index (χ0) is 28.4. The Kier molecular flexibility index (Phi) is 8.58. The Morgan fingerprint density at radius 1 is 1.16 bits per heavy atom. The van der Waals surface area contributed by atoms with Gasteiger partial charge in [-0.25, -0.2) is 32.0 Å². The minimum absolute atomic E-state index is 0.222. The smallest absolute Gasteiger partial charge is 0.341 e. The molecule has 0 radical (unpaired) electrons. The Bertz CT molecular complexity index is 1220. The lowest BCUT2D eigenvalue weighted by molar-refractivity contribution is -0.146. The largest absolute Gasteiger partial charge is 0.480 e. The number of imide groups is 1. The number of methoxy groups -OCH3 is 1. The maximum absolute atomic E-state index is 13.5. The average Bonchev–Trinajstić information content (AvgIpc) is 3.39. The number of carbonyl (C=O) groups is 5. The third-order valence-corrected chi connectivity index (χ3v) is 8.68. The van der Waals surface area contributed by atoms with Gasteiger partial charge < -0.3 is 20.5 Å². The van der Waals surface area contributed by atoms with E-state index in [4.69, 9.17) is 4.74 Å². The molecule has 2 aliphatic rings. The zero-order valence-electron chi connectivity index (χ0n) is 21.0. The highest BCUT2D eigenvalue weighted by Gasteiger charge is 2.50. The molecule has 0 spiro atoms. The van der Waals surface area contributed by atoms with Gasteiger partial charge in [-0.2, -0.15) is 0 Å². The summed E-state index contributed by atoms with van der Waals surface area (Å²) in [6.45, 7) is 2.90. The maximum Gasteiger partial charge on any atom is 0.341 e. The van der Waals surface area contributed by atoms with Crippen molar-refractivity contribution in [3.63, 3.8) is 0 Å². The van der Waals surface area contributed by atoms with E-state index in [0.29, 0.717) is 14.8 Å². The minimum atomic E-state index is -3.89. The first-order valence-electron chi connectivity index (χ1n) is 11.4. The Balaban J connectivity index is 1.85. The number of benzene rings is 1. The molecule has 0 bridgehead atoms. The second kappa shape index (κ2) is 11.2. The molecule has 0 aliphatic carbocycles. The summed E-state index contributed by atoms with van der Waals surface area (Å²) in [6, 6.07) is 2.16. The van der Waals surface area contributed by atoms with Crippen molar-refractivity contribution in [2.45, 2.75) is 42.1 Å². The van der Waals surface area contributed by atoms with E-state index in [-0.39, 0.29) is 13.1 Å². The van der Waals surface area contributed by atoms with E-state index in [0.717, 1.165) is 25.1 Å². The number of nitrogens with one attached hydrogen (secondary N) is 3. The van der Waals surface area contributed by atoms with Gasteiger partial charge in [0.05, 0.1) is 31.8 Å². The molecule has 14 nitrogen and oxygen atoms in total. The SMILES string of the molecule is COC(=O)[C@H](NC(=O)[C@H](NC(=O)N1CCN(S(C)(=O)=O)C1=O)c1ccccc1)[C@@H]1N[C@@H](C(=O)O)C(C)(C)S1. The van der Waals surface area contributed by atoms with Gasteiger partial charge in [-0.3, -0.25) is 14.9 Å². The van der Waals surface area contributed by atoms with Gasteiger partial charge in [0, 0.05) is 4.75 Å². The summed E-state index contributed by atoms with van der Waals surface area (Å²) >= 11 is 1.13. The standard InChI is InChI=1S/C22H29N5O9S2/c1-22(2)15(18(29)30)25-17(37-22)14(19(31)36-3)23-16(28)13(12-8-6-5-7-9-12)24-20(32)26-10-11-27(21(26)33)38(4,34)35/h5-9,13-15,17,25H,10-11H2,1-4H3,(H,23,28)(H,24,32)(H,29,30)/t13-,14-,15+,17-/m1/s1. The van der Waals surface area contributed by atoms with E-state index in [1.54, 1.807) is 44.2 Å². The number of carboxylic acids is 1. The normalized spacial score (nSPS) is 22.5. The molecule has 0 saturated carbocycles. The molecule has 1 aromatic rings. The lowest BCUT2D eigenvalue weighted by atomic mass is 10.0. The summed E-state index contributed by atoms with van der Waals surface area (Å²) in [5.74, 6) is -2.82. The van der Waals surface area contributed by atoms with E-state index < -0.39 is 68.2 Å². The number of hydrogen-bond acceptors (Lipinski definition) is 10. The van der Waals surface area contributed by atoms with Crippen molar-refractivity contribution in [3.8, 4) is 0 Å². The molecular formula is C22H29N5O9S2. The molecule has 0 aromatic heterocycles. The number of thioether (sulfide) groups is 1. The van der Waals surface area contributed by atoms with Crippen LogP contribution in [0.15, 0.2) is 30.3 Å². The second-order valence-corrected chi connectivity index (χ2v) is 12.9. The first kappa shape index (κ1) is 29.2. The van der Waals surface area contributed by atoms with Gasteiger partial charge in [0.25, 0.3) is 0 Å². The van der Waals surface area contributed by atoms with E-state index in [9.17, 15) is 37.5 Å². The number of rotatable bonds is 8. The van der Waals surface area contributed by atoms with Crippen molar-refractivity contribution in [1.29, 1.82) is 0 Å². The van der Waals surface area contributed by atoms with Gasteiger partial charge in [-0.1, -0.05) is 30.3 Å². The molecule has 1 aromatic carbocycles. The highest BCUT2D eigenvalue weighted by atomic mass is 32.2. The maximum atomic E-state index is 13.5. The third-order valence-electron chi connectivity index (χ3n) is 6.04. The van der Waals surface area contributed by atoms with Gasteiger partial charge >= 0.3 is 24.0 Å². The van der Waals surface area contributed by atoms with Gasteiger partial charge in [0.1, 0.15) is 12.1 Å². The summed E-state index contributed by atoms with van der Waals surface area (Å²) in [5, 5.41) is 16.5. The average molecular weight is 572 g/mol. The molecule has 0 unspecified atom stereocenters. The molecule has 5 amide bonds. The fourth-order valence-electron chi connectivity index (χ4n) is 4.11. The number of sulfonamides is 1. The number of carboxylic acid groups (broad SMARTS) is 1. The molecule has 38 heavy (non-hydrogen) atoms. The molecule has 208 valence electrons. The highest BCUT2D eigenvalue weighted by molar-refractivity contribution is 8.01. The van der Waals surface area contributed by atoms with Crippen LogP contribution in [-0.4, -0.2) is 101 Å². The Morgan fingerprint density at radius 2 is 1.79 bits per heavy atom. The number of nitrogens with zero attached hydrogens (tertiary/aromatic N) is 2. The Morgan fingerprint density at radius 3 is 2.29 bits per heavy atom. The van der Waals surface area contributed by atoms with Crippen molar-refractivity contribution >= 4 is 51.7 Å². The van der Waals surface area contributed by atoms with Gasteiger partial charge in [-0.15, -0.1) is 11.8 Å². The fourth-order valence-corrected chi connectivity index (χ4v) is 6.38. The fraction of sp³-hybridized carbons (Fsp3) is 0.500. The highest BCUT2D eigenvalue weighted by Crippen LogP contribution is 2.39. The summed E-state index contributed by atoms with van der Waals surface area (Å²) in [7, 11) is -2.78. The molecule has 2 aliphatic heterocycles. The van der Waals surface area contributed by atoms with Crippen LogP contribution in [0, 0.1) is 0 Å². The summed E-state index contributed by atoms with van der Waals surface area (Å²) in [5.41, 5.74) is 0.310. The van der Waals surface area contributed by atoms with E-state index in [1.807, 2.05) is 0 Å². The predicted octanol–water partition coefficient (Wildman–Crippen LogP) is -0.313. The van der Waals surface area contributed by atoms with Crippen LogP contribution in [0.4, 0.5) is 9.59 Å². The van der Waals surface area contributed by atoms with E-state index in [1.165, 1.54) is 0 Å². The van der Waals surface area contributed by atoms with Crippen LogP contribution in [0.25, 0.3) is 0 Å². The molecular weight excluding hydrogens is 542 g/mol. The van der Waals surface area contributed by atoms with Crippen molar-refractivity contribution in [2.24, 2.45) is 0 Å². The first-order valence-corrected chi connectivity index (χ1v) is 14.1. The van der Waals surface area contributed by atoms with Gasteiger partial charge in [0.15, 0.2) is 6.04 Å². The minimum Gasteiger partial charge on any atom is -0.480 e. The third kappa shape index (κ3) is 6.19. The molecule has 16 heteroatoms. The van der Waals surface area contributed by atoms with Crippen LogP contribution in [-0.2, 0) is 29.1 Å². The topological polar surface area (TPSA) is 192 Å². The summed E-state index contributed by atoms with van der Waals surface area (Å²) in [4.78, 5) is 63.9. The predicted molar refractivity (Wildman–Crippen MR) is 135 cm³/mol. The van der Waals surface area contributed by atoms with Crippen molar-refractivity contribution in [1.82, 2.24) is 25.2 Å². The number of ether oxygens (including phenoxy) is 1. The number of carbonyl (C=O) groups excluding carboxylic acids is 4. The van der Waals surface area contributed by atoms with Gasteiger partial charge in [-0.05, 0) is 19.4 Å². The van der Waals surface area contributed by atoms with Crippen molar-refractivity contribution < 1.29 is 42.2 Å². The number of esters is 1. The van der Waals surface area contributed by atoms with Crippen LogP contribution in [0.3, 0.4) is 0 Å². The monoisotopic (exact) mass is 571 g/mol. The molecule has 2 fully saturated rings. The molecule has 4 N–H and O–H groups in total. The van der Waals surface area contributed by atoms with Crippen molar-refractivity contribution in [2.75, 3.05) is 26.5 Å². The molecule has 2 heterocycles. The lowest BCUT2D eigenvalue weighted by Gasteiger charge is -2.27. The number of amides is 5. The number of aliphatic carboxylic acids is 1. The first-order chi connectivity index (χ1) is 17.7. The Labute approximate surface area is 223 Å². The molecule has 3 rings (SSSR count). The lowest BCUT2D eigenvalue weighted by Crippen LogP contribution is -2.56. The summed E-state index contributed by atoms with van der Waals surface area (Å²) < 4.78 is 28.2. The summed E-state index contributed by atoms with van der Waals surface area (Å²) in [6.07, 6.45) is 0.838. The van der Waals surface area contributed by atoms with Gasteiger partial charge in [0.2, 0.25) is 15.9 Å². The molecule has 4 atom stereocenters. The van der Waals surface area contributed by atoms with E-state index in [2.05, 4.69) is 16.0 Å². The molecule has 2 saturated heterocycles. The second-order valence-electron chi connectivity index (χ2n) is 9.15. The zero-order valence-corrected chi connectivity index (χ0v) is 22.7. The van der Waals surface area contributed by atoms with Crippen LogP contribution >= 0.6 is 11.8 Å².